The van der Waals surface area contributed by atoms with E-state index in [1.54, 1.807) is 0 Å². The second kappa shape index (κ2) is 10.5. The Hall–Kier alpha value is 0.263. The number of nitrogens with zero attached hydrogens (tertiary/aromatic N) is 2. The molecule has 0 saturated heterocycles. The van der Waals surface area contributed by atoms with E-state index < -0.39 is 0 Å². The molecular weight excluding hydrogens is 131 g/mol. The van der Waals surface area contributed by atoms with Gasteiger partial charge in [-0.2, -0.15) is 0 Å². The van der Waals surface area contributed by atoms with Crippen LogP contribution in [0, 0.1) is 0 Å². The monoisotopic (exact) mass is 131 g/mol. The zero-order valence-corrected chi connectivity index (χ0v) is 4.43. The van der Waals surface area contributed by atoms with Gasteiger partial charge in [-0.1, -0.05) is 6.72 Å². The van der Waals surface area contributed by atoms with E-state index in [4.69, 9.17) is 5.53 Å². The average Bonchev–Trinajstić information content (AvgIpc) is 0.918. The Kier molecular flexibility index (Phi) is 23.2. The first kappa shape index (κ1) is 8.86. The van der Waals surface area contributed by atoms with Gasteiger partial charge in [0.2, 0.25) is 0 Å². The molecule has 0 radical (unpaired) electrons. The van der Waals surface area contributed by atoms with Crippen LogP contribution >= 0.6 is 0 Å². The molecule has 0 aliphatic heterocycles. The molecule has 0 heterocycles. The molecule has 0 atom stereocenters. The molecule has 3 heteroatoms. The summed E-state index contributed by atoms with van der Waals surface area (Å²) >= 11 is 0. The summed E-state index contributed by atoms with van der Waals surface area (Å²) in [5.41, 5.74) is 6.97. The predicted molar refractivity (Wildman–Crippen MR) is 9.68 cm³/mol. The molecular formula is CHN2Zr-. The van der Waals surface area contributed by atoms with Crippen LogP contribution in [0.5, 0.6) is 0 Å². The summed E-state index contributed by atoms with van der Waals surface area (Å²) in [4.78, 5) is 2.00. The van der Waals surface area contributed by atoms with Gasteiger partial charge in [-0.05, 0) is 0 Å². The third kappa shape index (κ3) is 52.2. The molecule has 0 bridgehead atoms. The van der Waals surface area contributed by atoms with Crippen LogP contribution in [0.4, 0.5) is 0 Å². The Labute approximate surface area is 43.6 Å². The Morgan fingerprint density at radius 3 is 1.75 bits per heavy atom. The molecule has 20 valence electrons. The Bertz CT molecular complexity index is 27.0. The van der Waals surface area contributed by atoms with Gasteiger partial charge in [0.15, 0.2) is 0 Å². The van der Waals surface area contributed by atoms with E-state index in [-0.39, 0.29) is 26.2 Å². The summed E-state index contributed by atoms with van der Waals surface area (Å²) in [5.74, 6) is 0. The molecule has 0 unspecified atom stereocenters. The normalized spacial score (nSPS) is 2.00. The average molecular weight is 132 g/mol. The summed E-state index contributed by atoms with van der Waals surface area (Å²) in [6.07, 6.45) is 0. The van der Waals surface area contributed by atoms with Crippen molar-refractivity contribution in [1.29, 1.82) is 0 Å². The predicted octanol–water partition coefficient (Wildman–Crippen LogP) is -0.209. The zero-order chi connectivity index (χ0) is 2.71. The molecule has 0 fully saturated rings. The third-order valence-corrected chi connectivity index (χ3v) is 0. The van der Waals surface area contributed by atoms with E-state index >= 15 is 0 Å². The minimum Gasteiger partial charge on any atom is -0.408 e. The van der Waals surface area contributed by atoms with Crippen LogP contribution in [0.2, 0.25) is 0 Å². The third-order valence-electron chi connectivity index (χ3n) is 0. The quantitative estimate of drug-likeness (QED) is 0.189. The Morgan fingerprint density at radius 1 is 1.75 bits per heavy atom. The summed E-state index contributed by atoms with van der Waals surface area (Å²) in [6, 6.07) is 0. The first-order valence-electron chi connectivity index (χ1n) is 0.458. The molecule has 2 nitrogen and oxygen atoms in total. The summed E-state index contributed by atoms with van der Waals surface area (Å²) < 4.78 is 0. The maximum atomic E-state index is 6.97. The minimum absolute atomic E-state index is 0. The smallest absolute Gasteiger partial charge is 0 e. The van der Waals surface area contributed by atoms with Crippen LogP contribution in [0.1, 0.15) is 0 Å². The molecule has 0 amide bonds. The fourth-order valence-electron chi connectivity index (χ4n) is 0. The number of hydrogen-bond donors (Lipinski definition) is 0. The van der Waals surface area contributed by atoms with Crippen molar-refractivity contribution in [2.75, 3.05) is 0 Å². The van der Waals surface area contributed by atoms with Crippen LogP contribution in [0.3, 0.4) is 0 Å². The second-order valence-corrected chi connectivity index (χ2v) is 0.115. The summed E-state index contributed by atoms with van der Waals surface area (Å²) in [6.45, 7) is 4.03. The van der Waals surface area contributed by atoms with Crippen LogP contribution < -0.4 is 0 Å². The van der Waals surface area contributed by atoms with Crippen LogP contribution in [-0.4, -0.2) is 11.5 Å². The molecule has 0 aliphatic rings. The van der Waals surface area contributed by atoms with Crippen molar-refractivity contribution in [2.24, 2.45) is 0 Å². The van der Waals surface area contributed by atoms with Gasteiger partial charge in [-0.3, -0.25) is 0 Å². The Balaban J connectivity index is 0. The van der Waals surface area contributed by atoms with Gasteiger partial charge < -0.3 is 10.3 Å². The van der Waals surface area contributed by atoms with Gasteiger partial charge in [-0.25, -0.2) is 0 Å². The van der Waals surface area contributed by atoms with Crippen molar-refractivity contribution in [3.05, 3.63) is 5.53 Å². The second-order valence-electron chi connectivity index (χ2n) is 0.115. The molecule has 0 spiro atoms. The Morgan fingerprint density at radius 2 is 1.75 bits per heavy atom. The maximum absolute atomic E-state index is 6.97. The van der Waals surface area contributed by atoms with Gasteiger partial charge in [-0.15, -0.1) is 0 Å². The van der Waals surface area contributed by atoms with Crippen LogP contribution in [0.15, 0.2) is 0 Å². The molecule has 0 aromatic rings. The zero-order valence-electron chi connectivity index (χ0n) is 1.97. The molecule has 0 saturated carbocycles. The van der Waals surface area contributed by atoms with E-state index in [1.807, 2.05) is 4.79 Å². The van der Waals surface area contributed by atoms with Crippen molar-refractivity contribution in [3.63, 3.8) is 0 Å². The van der Waals surface area contributed by atoms with Crippen molar-refractivity contribution < 1.29 is 31.0 Å². The van der Waals surface area contributed by atoms with E-state index in [0.717, 1.165) is 0 Å². The topological polar surface area (TPSA) is 36.4 Å². The van der Waals surface area contributed by atoms with E-state index in [0.29, 0.717) is 0 Å². The van der Waals surface area contributed by atoms with Crippen molar-refractivity contribution in [1.82, 2.24) is 0 Å². The van der Waals surface area contributed by atoms with Crippen molar-refractivity contribution in [3.8, 4) is 0 Å². The minimum atomic E-state index is 0. The van der Waals surface area contributed by atoms with Gasteiger partial charge in [0.1, 0.15) is 0 Å². The van der Waals surface area contributed by atoms with Gasteiger partial charge in [0.05, 0.1) is 0 Å². The van der Waals surface area contributed by atoms with Crippen molar-refractivity contribution >= 4 is 6.72 Å². The van der Waals surface area contributed by atoms with Crippen LogP contribution in [-0.2, 0) is 26.2 Å². The molecule has 0 aromatic heterocycles. The molecule has 0 aliphatic carbocycles. The van der Waals surface area contributed by atoms with Gasteiger partial charge in [0.25, 0.3) is 0 Å². The van der Waals surface area contributed by atoms with Crippen LogP contribution in [0.25, 0.3) is 5.53 Å². The van der Waals surface area contributed by atoms with E-state index in [1.165, 1.54) is 0 Å². The maximum Gasteiger partial charge on any atom is 0 e. The number of rotatable bonds is 0. The summed E-state index contributed by atoms with van der Waals surface area (Å²) in [7, 11) is 0. The fourth-order valence-corrected chi connectivity index (χ4v) is 0. The molecule has 4 heavy (non-hydrogen) atoms. The first-order valence-corrected chi connectivity index (χ1v) is 0.458. The molecule has 0 rings (SSSR count). The fraction of sp³-hybridized carbons (Fsp3) is 0. The SMILES string of the molecule is [CH-]=[N+]=[N-].[Zr]. The molecule has 0 aromatic carbocycles. The number of hydrogen-bond acceptors (Lipinski definition) is 0. The van der Waals surface area contributed by atoms with Gasteiger partial charge >= 0.3 is 0 Å². The first-order chi connectivity index (χ1) is 1.41. The largest absolute Gasteiger partial charge is 0.408 e. The summed E-state index contributed by atoms with van der Waals surface area (Å²) in [5, 5.41) is 0. The van der Waals surface area contributed by atoms with E-state index in [2.05, 4.69) is 6.72 Å². The van der Waals surface area contributed by atoms with E-state index in [9.17, 15) is 0 Å². The van der Waals surface area contributed by atoms with Gasteiger partial charge in [0, 0.05) is 26.2 Å². The van der Waals surface area contributed by atoms with Crippen molar-refractivity contribution in [2.45, 2.75) is 0 Å². The molecule has 0 N–H and O–H groups in total. The standard InChI is InChI=1S/CHN2.Zr/c1-3-2;/h1H;/q-1;.